The minimum atomic E-state index is -0.685. The number of carbonyl (C=O) groups is 1. The largest absolute Gasteiger partial charge is 0.469 e. The predicted molar refractivity (Wildman–Crippen MR) is 84.7 cm³/mol. The number of aromatic nitrogens is 1. The molecule has 21 heavy (non-hydrogen) atoms. The molecular weight excluding hydrogens is 358 g/mol. The van der Waals surface area contributed by atoms with Crippen LogP contribution in [0.4, 0.5) is 0 Å². The summed E-state index contributed by atoms with van der Waals surface area (Å²) >= 11 is 9.17. The van der Waals surface area contributed by atoms with Crippen molar-refractivity contribution in [3.8, 4) is 0 Å². The Kier molecular flexibility index (Phi) is 5.20. The second kappa shape index (κ2) is 6.91. The fraction of sp³-hybridized carbons (Fsp3) is 0.200. The highest BCUT2D eigenvalue weighted by Crippen LogP contribution is 2.26. The Morgan fingerprint density at radius 1 is 1.33 bits per heavy atom. The molecule has 4 nitrogen and oxygen atoms in total. The first kappa shape index (κ1) is 15.8. The quantitative estimate of drug-likeness (QED) is 0.840. The Morgan fingerprint density at radius 3 is 2.57 bits per heavy atom. The molecule has 1 aromatic carbocycles. The first-order valence-electron chi connectivity index (χ1n) is 6.22. The summed E-state index contributed by atoms with van der Waals surface area (Å²) in [7, 11) is 1.31. The minimum absolute atomic E-state index is 0.311. The van der Waals surface area contributed by atoms with Crippen molar-refractivity contribution in [1.29, 1.82) is 0 Å². The maximum absolute atomic E-state index is 12.1. The molecule has 0 aliphatic carbocycles. The third kappa shape index (κ3) is 3.74. The number of ether oxygens (including phenoxy) is 1. The van der Waals surface area contributed by atoms with Crippen molar-refractivity contribution in [3.05, 3.63) is 67.5 Å². The molecule has 0 fully saturated rings. The molecule has 0 aliphatic rings. The van der Waals surface area contributed by atoms with Crippen LogP contribution in [0.2, 0.25) is 5.02 Å². The van der Waals surface area contributed by atoms with Crippen LogP contribution in [0.5, 0.6) is 0 Å². The fourth-order valence-corrected chi connectivity index (χ4v) is 2.81. The number of hydrogen-bond acceptors (Lipinski definition) is 3. The van der Waals surface area contributed by atoms with Gasteiger partial charge < -0.3 is 9.72 Å². The van der Waals surface area contributed by atoms with Crippen LogP contribution in [0.15, 0.2) is 45.8 Å². The van der Waals surface area contributed by atoms with Gasteiger partial charge in [-0.25, -0.2) is 0 Å². The van der Waals surface area contributed by atoms with Crippen LogP contribution >= 0.6 is 27.5 Å². The number of methoxy groups -OCH3 is 1. The number of pyridine rings is 1. The lowest BCUT2D eigenvalue weighted by atomic mass is 9.93. The Hall–Kier alpha value is -1.59. The molecule has 1 atom stereocenters. The number of benzene rings is 1. The summed E-state index contributed by atoms with van der Waals surface area (Å²) in [5, 5.41) is 0.618. The number of rotatable bonds is 4. The van der Waals surface area contributed by atoms with E-state index in [1.807, 2.05) is 12.1 Å². The van der Waals surface area contributed by atoms with E-state index < -0.39 is 11.9 Å². The predicted octanol–water partition coefficient (Wildman–Crippen LogP) is 3.29. The van der Waals surface area contributed by atoms with Crippen molar-refractivity contribution >= 4 is 33.5 Å². The van der Waals surface area contributed by atoms with E-state index in [1.165, 1.54) is 13.3 Å². The lowest BCUT2D eigenvalue weighted by Crippen LogP contribution is -2.25. The van der Waals surface area contributed by atoms with Gasteiger partial charge in [0.25, 0.3) is 5.56 Å². The zero-order valence-corrected chi connectivity index (χ0v) is 13.6. The molecule has 0 saturated heterocycles. The highest BCUT2D eigenvalue weighted by molar-refractivity contribution is 9.10. The standard InChI is InChI=1S/C15H13BrClNO3/c1-21-15(20)11(8-9-2-4-10(17)5-3-9)13-12(16)6-7-18-14(13)19/h2-7,11H,8H2,1H3,(H,18,19). The van der Waals surface area contributed by atoms with Crippen LogP contribution in [-0.4, -0.2) is 18.1 Å². The smallest absolute Gasteiger partial charge is 0.313 e. The maximum atomic E-state index is 12.1. The Balaban J connectivity index is 2.42. The number of nitrogens with one attached hydrogen (secondary N) is 1. The van der Waals surface area contributed by atoms with E-state index in [9.17, 15) is 9.59 Å². The van der Waals surface area contributed by atoms with Crippen LogP contribution in [0, 0.1) is 0 Å². The third-order valence-corrected chi connectivity index (χ3v) is 4.08. The summed E-state index contributed by atoms with van der Waals surface area (Å²) in [4.78, 5) is 26.7. The van der Waals surface area contributed by atoms with Gasteiger partial charge in [-0.15, -0.1) is 0 Å². The molecule has 1 heterocycles. The van der Waals surface area contributed by atoms with Crippen molar-refractivity contribution in [2.75, 3.05) is 7.11 Å². The number of aromatic amines is 1. The van der Waals surface area contributed by atoms with Gasteiger partial charge in [-0.2, -0.15) is 0 Å². The molecule has 0 saturated carbocycles. The molecule has 0 bridgehead atoms. The molecule has 2 aromatic rings. The van der Waals surface area contributed by atoms with E-state index in [1.54, 1.807) is 18.2 Å². The number of esters is 1. The highest BCUT2D eigenvalue weighted by atomic mass is 79.9. The zero-order valence-electron chi connectivity index (χ0n) is 11.2. The Labute approximate surface area is 135 Å². The molecule has 0 spiro atoms. The lowest BCUT2D eigenvalue weighted by molar-refractivity contribution is -0.142. The summed E-state index contributed by atoms with van der Waals surface area (Å²) in [5.41, 5.74) is 0.943. The second-order valence-electron chi connectivity index (χ2n) is 4.47. The van der Waals surface area contributed by atoms with Crippen molar-refractivity contribution < 1.29 is 9.53 Å². The molecule has 1 unspecified atom stereocenters. The normalized spacial score (nSPS) is 12.0. The number of halogens is 2. The Bertz CT molecular complexity index is 697. The molecule has 6 heteroatoms. The van der Waals surface area contributed by atoms with Crippen molar-refractivity contribution in [3.63, 3.8) is 0 Å². The first-order valence-corrected chi connectivity index (χ1v) is 7.39. The monoisotopic (exact) mass is 369 g/mol. The van der Waals surface area contributed by atoms with Crippen LogP contribution < -0.4 is 5.56 Å². The van der Waals surface area contributed by atoms with E-state index in [0.29, 0.717) is 21.5 Å². The number of carbonyl (C=O) groups excluding carboxylic acids is 1. The number of hydrogen-bond donors (Lipinski definition) is 1. The first-order chi connectivity index (χ1) is 10.0. The van der Waals surface area contributed by atoms with Crippen LogP contribution in [0.1, 0.15) is 17.0 Å². The van der Waals surface area contributed by atoms with Crippen LogP contribution in [0.25, 0.3) is 0 Å². The van der Waals surface area contributed by atoms with Gasteiger partial charge in [-0.3, -0.25) is 9.59 Å². The third-order valence-electron chi connectivity index (χ3n) is 3.13. The molecule has 0 amide bonds. The average molecular weight is 371 g/mol. The molecule has 0 radical (unpaired) electrons. The summed E-state index contributed by atoms with van der Waals surface area (Å²) in [5.74, 6) is -1.14. The maximum Gasteiger partial charge on any atom is 0.313 e. The van der Waals surface area contributed by atoms with Gasteiger partial charge in [-0.1, -0.05) is 39.7 Å². The van der Waals surface area contributed by atoms with E-state index in [0.717, 1.165) is 5.56 Å². The SMILES string of the molecule is COC(=O)C(Cc1ccc(Cl)cc1)c1c(Br)cc[nH]c1=O. The molecule has 1 aromatic heterocycles. The van der Waals surface area contributed by atoms with Gasteiger partial charge >= 0.3 is 5.97 Å². The van der Waals surface area contributed by atoms with E-state index in [2.05, 4.69) is 20.9 Å². The van der Waals surface area contributed by atoms with Gasteiger partial charge in [0.2, 0.25) is 0 Å². The topological polar surface area (TPSA) is 59.2 Å². The minimum Gasteiger partial charge on any atom is -0.469 e. The number of H-pyrrole nitrogens is 1. The van der Waals surface area contributed by atoms with E-state index in [-0.39, 0.29) is 5.56 Å². The van der Waals surface area contributed by atoms with E-state index >= 15 is 0 Å². The van der Waals surface area contributed by atoms with Gasteiger partial charge in [0.05, 0.1) is 13.0 Å². The fourth-order valence-electron chi connectivity index (χ4n) is 2.09. The molecule has 1 N–H and O–H groups in total. The summed E-state index contributed by atoms with van der Waals surface area (Å²) in [6, 6.07) is 8.83. The van der Waals surface area contributed by atoms with Gasteiger partial charge in [0.1, 0.15) is 0 Å². The van der Waals surface area contributed by atoms with Crippen LogP contribution in [-0.2, 0) is 16.0 Å². The van der Waals surface area contributed by atoms with Crippen molar-refractivity contribution in [1.82, 2.24) is 4.98 Å². The van der Waals surface area contributed by atoms with Gasteiger partial charge in [0, 0.05) is 21.3 Å². The summed E-state index contributed by atoms with van der Waals surface area (Å²) < 4.78 is 5.41. The van der Waals surface area contributed by atoms with Gasteiger partial charge in [-0.05, 0) is 30.2 Å². The average Bonchev–Trinajstić information content (AvgIpc) is 2.47. The molecule has 110 valence electrons. The van der Waals surface area contributed by atoms with Crippen LogP contribution in [0.3, 0.4) is 0 Å². The lowest BCUT2D eigenvalue weighted by Gasteiger charge is -2.15. The van der Waals surface area contributed by atoms with Crippen molar-refractivity contribution in [2.45, 2.75) is 12.3 Å². The van der Waals surface area contributed by atoms with Crippen molar-refractivity contribution in [2.24, 2.45) is 0 Å². The molecular formula is C15H13BrClNO3. The highest BCUT2D eigenvalue weighted by Gasteiger charge is 2.26. The summed E-state index contributed by atoms with van der Waals surface area (Å²) in [6.07, 6.45) is 1.88. The zero-order chi connectivity index (χ0) is 15.4. The Morgan fingerprint density at radius 2 is 2.00 bits per heavy atom. The molecule has 2 rings (SSSR count). The van der Waals surface area contributed by atoms with E-state index in [4.69, 9.17) is 16.3 Å². The summed E-state index contributed by atoms with van der Waals surface area (Å²) in [6.45, 7) is 0. The van der Waals surface area contributed by atoms with Gasteiger partial charge in [0.15, 0.2) is 0 Å². The second-order valence-corrected chi connectivity index (χ2v) is 5.77. The molecule has 0 aliphatic heterocycles.